The van der Waals surface area contributed by atoms with Crippen molar-refractivity contribution in [1.29, 1.82) is 0 Å². The number of carbonyl (C=O) groups excluding carboxylic acids is 2. The first-order chi connectivity index (χ1) is 22.4. The molecule has 246 valence electrons. The number of aromatic amines is 1. The highest BCUT2D eigenvalue weighted by atomic mass is 16.6. The number of para-hydroxylation sites is 1. The first-order valence-electron chi connectivity index (χ1n) is 16.3. The number of hydrogen-bond donors (Lipinski definition) is 3. The van der Waals surface area contributed by atoms with Crippen LogP contribution in [0.4, 0.5) is 4.79 Å². The van der Waals surface area contributed by atoms with Gasteiger partial charge in [-0.05, 0) is 75.8 Å². The summed E-state index contributed by atoms with van der Waals surface area (Å²) >= 11 is 0. The van der Waals surface area contributed by atoms with Gasteiger partial charge >= 0.3 is 6.09 Å². The Bertz CT molecular complexity index is 1800. The maximum Gasteiger partial charge on any atom is 0.408 e. The zero-order chi connectivity index (χ0) is 33.6. The lowest BCUT2D eigenvalue weighted by atomic mass is 10.0. The van der Waals surface area contributed by atoms with Crippen molar-refractivity contribution >= 4 is 22.9 Å². The number of nitrogens with zero attached hydrogens (tertiary/aromatic N) is 3. The number of rotatable bonds is 12. The zero-order valence-electron chi connectivity index (χ0n) is 28.3. The van der Waals surface area contributed by atoms with Gasteiger partial charge in [0.2, 0.25) is 5.91 Å². The van der Waals surface area contributed by atoms with Gasteiger partial charge in [0, 0.05) is 29.9 Å². The summed E-state index contributed by atoms with van der Waals surface area (Å²) in [6.45, 7) is 11.4. The highest BCUT2D eigenvalue weighted by Gasteiger charge is 2.35. The molecule has 0 saturated carbocycles. The van der Waals surface area contributed by atoms with E-state index < -0.39 is 23.3 Å². The Morgan fingerprint density at radius 1 is 0.851 bits per heavy atom. The van der Waals surface area contributed by atoms with E-state index in [0.717, 1.165) is 40.7 Å². The molecule has 2 heterocycles. The van der Waals surface area contributed by atoms with Crippen molar-refractivity contribution in [2.45, 2.75) is 91.0 Å². The molecule has 2 aromatic heterocycles. The number of aryl methyl sites for hydroxylation is 3. The second-order valence-electron chi connectivity index (χ2n) is 13.6. The minimum Gasteiger partial charge on any atom is -0.444 e. The molecule has 5 rings (SSSR count). The van der Waals surface area contributed by atoms with Crippen LogP contribution in [0.3, 0.4) is 0 Å². The van der Waals surface area contributed by atoms with Crippen molar-refractivity contribution < 1.29 is 14.3 Å². The van der Waals surface area contributed by atoms with Crippen molar-refractivity contribution in [3.63, 3.8) is 0 Å². The first kappa shape index (κ1) is 33.4. The molecule has 0 radical (unpaired) electrons. The monoisotopic (exact) mass is 634 g/mol. The Labute approximate surface area is 277 Å². The molecule has 47 heavy (non-hydrogen) atoms. The summed E-state index contributed by atoms with van der Waals surface area (Å²) in [7, 11) is 0. The molecule has 0 aliphatic carbocycles. The molecule has 3 N–H and O–H groups in total. The average molecular weight is 635 g/mol. The van der Waals surface area contributed by atoms with Gasteiger partial charge in [0.05, 0.1) is 12.6 Å². The van der Waals surface area contributed by atoms with Gasteiger partial charge in [-0.25, -0.2) is 4.79 Å². The fourth-order valence-electron chi connectivity index (χ4n) is 5.61. The summed E-state index contributed by atoms with van der Waals surface area (Å²) < 4.78 is 7.59. The van der Waals surface area contributed by atoms with Crippen LogP contribution >= 0.6 is 0 Å². The molecule has 3 aromatic carbocycles. The third kappa shape index (κ3) is 8.67. The molecular weight excluding hydrogens is 588 g/mol. The maximum atomic E-state index is 14.0. The summed E-state index contributed by atoms with van der Waals surface area (Å²) in [5.41, 5.74) is 3.69. The lowest BCUT2D eigenvalue weighted by molar-refractivity contribution is -0.127. The molecule has 0 bridgehead atoms. The van der Waals surface area contributed by atoms with Crippen molar-refractivity contribution in [3.05, 3.63) is 119 Å². The molecule has 1 atom stereocenters. The summed E-state index contributed by atoms with van der Waals surface area (Å²) in [5.74, 6) is 1.13. The second kappa shape index (κ2) is 14.2. The molecule has 0 saturated heterocycles. The number of H-pyrrole nitrogens is 1. The fourth-order valence-corrected chi connectivity index (χ4v) is 5.61. The lowest BCUT2D eigenvalue weighted by Crippen LogP contribution is -2.56. The SMILES string of the molecule is CCc1ccc(Cn2c(CCc3ccccc3)nnc2[C@@H](Cc2c[nH]c3ccccc23)NC(=O)C(C)(C)NC(=O)OC(C)(C)C)cc1. The Morgan fingerprint density at radius 2 is 1.53 bits per heavy atom. The van der Waals surface area contributed by atoms with E-state index in [-0.39, 0.29) is 5.91 Å². The van der Waals surface area contributed by atoms with Crippen molar-refractivity contribution in [2.24, 2.45) is 0 Å². The van der Waals surface area contributed by atoms with Crippen LogP contribution < -0.4 is 10.6 Å². The third-order valence-corrected chi connectivity index (χ3v) is 8.21. The number of nitrogens with one attached hydrogen (secondary N) is 3. The number of alkyl carbamates (subject to hydrolysis) is 1. The van der Waals surface area contributed by atoms with Gasteiger partial charge in [0.1, 0.15) is 17.0 Å². The average Bonchev–Trinajstić information content (AvgIpc) is 3.63. The number of amides is 2. The highest BCUT2D eigenvalue weighted by Crippen LogP contribution is 2.26. The number of fused-ring (bicyclic) bond motifs is 1. The molecule has 5 aromatic rings. The molecule has 0 aliphatic rings. The number of benzene rings is 3. The molecule has 2 amide bonds. The number of hydrogen-bond acceptors (Lipinski definition) is 5. The predicted molar refractivity (Wildman–Crippen MR) is 185 cm³/mol. The van der Waals surface area contributed by atoms with E-state index >= 15 is 0 Å². The van der Waals surface area contributed by atoms with Crippen LogP contribution in [0.1, 0.15) is 81.5 Å². The Hall–Kier alpha value is -4.92. The largest absolute Gasteiger partial charge is 0.444 e. The van der Waals surface area contributed by atoms with Gasteiger partial charge in [-0.15, -0.1) is 10.2 Å². The predicted octanol–water partition coefficient (Wildman–Crippen LogP) is 6.86. The molecular formula is C38H46N6O3. The van der Waals surface area contributed by atoms with Gasteiger partial charge in [0.25, 0.3) is 0 Å². The van der Waals surface area contributed by atoms with Gasteiger partial charge in [0.15, 0.2) is 5.82 Å². The number of carbonyl (C=O) groups is 2. The molecule has 9 heteroatoms. The van der Waals surface area contributed by atoms with Crippen LogP contribution in [0.2, 0.25) is 0 Å². The Morgan fingerprint density at radius 3 is 2.23 bits per heavy atom. The van der Waals surface area contributed by atoms with Crippen molar-refractivity contribution in [2.75, 3.05) is 0 Å². The summed E-state index contributed by atoms with van der Waals surface area (Å²) in [5, 5.41) is 16.5. The topological polar surface area (TPSA) is 114 Å². The minimum atomic E-state index is -1.27. The van der Waals surface area contributed by atoms with Crippen LogP contribution in [0.15, 0.2) is 85.1 Å². The normalized spacial score (nSPS) is 12.6. The molecule has 0 fully saturated rings. The quantitative estimate of drug-likeness (QED) is 0.139. The summed E-state index contributed by atoms with van der Waals surface area (Å²) in [6, 6.07) is 26.5. The maximum absolute atomic E-state index is 14.0. The van der Waals surface area contributed by atoms with Crippen molar-refractivity contribution in [3.8, 4) is 0 Å². The number of aromatic nitrogens is 4. The fraction of sp³-hybridized carbons (Fsp3) is 0.368. The van der Waals surface area contributed by atoms with Crippen molar-refractivity contribution in [1.82, 2.24) is 30.4 Å². The van der Waals surface area contributed by atoms with Crippen LogP contribution in [-0.2, 0) is 41.8 Å². The first-order valence-corrected chi connectivity index (χ1v) is 16.3. The van der Waals surface area contributed by atoms with Crippen LogP contribution in [0, 0.1) is 0 Å². The van der Waals surface area contributed by atoms with Gasteiger partial charge in [-0.2, -0.15) is 0 Å². The van der Waals surface area contributed by atoms with E-state index in [9.17, 15) is 9.59 Å². The second-order valence-corrected chi connectivity index (χ2v) is 13.6. The van der Waals surface area contributed by atoms with Gasteiger partial charge in [-0.3, -0.25) is 4.79 Å². The molecule has 0 spiro atoms. The molecule has 0 aliphatic heterocycles. The third-order valence-electron chi connectivity index (χ3n) is 8.21. The Balaban J connectivity index is 1.51. The van der Waals surface area contributed by atoms with Crippen LogP contribution in [0.5, 0.6) is 0 Å². The van der Waals surface area contributed by atoms with Crippen LogP contribution in [-0.4, -0.2) is 42.9 Å². The summed E-state index contributed by atoms with van der Waals surface area (Å²) in [4.78, 5) is 30.0. The number of ether oxygens (including phenoxy) is 1. The Kier molecular flexibility index (Phi) is 10.1. The van der Waals surface area contributed by atoms with E-state index in [0.29, 0.717) is 25.2 Å². The standard InChI is InChI=1S/C38H46N6O3/c1-7-26-17-19-28(20-18-26)25-44-33(22-21-27-13-9-8-10-14-27)42-43-34(44)32(23-29-24-39-31-16-12-11-15-30(29)31)40-35(45)38(5,6)41-36(46)47-37(2,3)4/h8-20,24,32,39H,7,21-23,25H2,1-6H3,(H,40,45)(H,41,46)/t32-/m1/s1. The van der Waals surface area contributed by atoms with Gasteiger partial charge < -0.3 is 24.9 Å². The van der Waals surface area contributed by atoms with E-state index in [1.54, 1.807) is 34.6 Å². The minimum absolute atomic E-state index is 0.360. The molecule has 0 unspecified atom stereocenters. The van der Waals surface area contributed by atoms with Crippen LogP contribution in [0.25, 0.3) is 10.9 Å². The zero-order valence-corrected chi connectivity index (χ0v) is 28.3. The smallest absolute Gasteiger partial charge is 0.408 e. The lowest BCUT2D eigenvalue weighted by Gasteiger charge is -2.30. The van der Waals surface area contributed by atoms with E-state index in [1.807, 2.05) is 42.6 Å². The van der Waals surface area contributed by atoms with E-state index in [4.69, 9.17) is 14.9 Å². The highest BCUT2D eigenvalue weighted by molar-refractivity contribution is 5.89. The summed E-state index contributed by atoms with van der Waals surface area (Å²) in [6.07, 6.45) is 4.24. The molecule has 9 nitrogen and oxygen atoms in total. The van der Waals surface area contributed by atoms with E-state index in [2.05, 4.69) is 69.6 Å². The van der Waals surface area contributed by atoms with E-state index in [1.165, 1.54) is 11.1 Å². The van der Waals surface area contributed by atoms with Gasteiger partial charge in [-0.1, -0.05) is 79.7 Å².